The number of carbonyl (C=O) groups excluding carboxylic acids is 6. The van der Waals surface area contributed by atoms with E-state index in [1.54, 1.807) is 26.8 Å². The first-order valence-corrected chi connectivity index (χ1v) is 44.0. The van der Waals surface area contributed by atoms with Crippen molar-refractivity contribution in [1.29, 1.82) is 0 Å². The highest BCUT2D eigenvalue weighted by Crippen LogP contribution is 2.51. The molecule has 0 spiro atoms. The Bertz CT molecular complexity index is 3390. The average Bonchev–Trinajstić information content (AvgIpc) is 0.892. The van der Waals surface area contributed by atoms with Gasteiger partial charge in [0.25, 0.3) is 14.3 Å². The van der Waals surface area contributed by atoms with Crippen LogP contribution in [0.2, 0.25) is 10.1 Å². The number of Topliss-reactive ketones (excluding diaryl/α,β-unsaturated/α-hetero) is 4. The van der Waals surface area contributed by atoms with Crippen LogP contribution in [0.1, 0.15) is 211 Å². The first kappa shape index (κ1) is 93.5. The SMILES string of the molecule is CC(C)(C)[Si](F)(c1ccc(C(=O)NC[C@H](C(=O)C[C@H](CCCCCC(=O)CCCCCCC(=O)NCCCC[C@H](CC(=O)C[C@@H](CCC(=O)O)C(=O)O)C(=O)O)C(=O)O)n2cc(CCC(=O)CCP(=O)(O)CN3CCN(C[P+](=O)CCC(=O)O)CCN(CP(=O)(O)CCC(=O)O)CC3)nn2)cc1)C(C)(C)C. The van der Waals surface area contributed by atoms with Crippen molar-refractivity contribution >= 4 is 107 Å². The summed E-state index contributed by atoms with van der Waals surface area (Å²) in [5.74, 6) is -13.2. The van der Waals surface area contributed by atoms with Gasteiger partial charge in [0.2, 0.25) is 20.6 Å². The molecule has 3 unspecified atom stereocenters. The normalized spacial score (nSPS) is 16.1. The van der Waals surface area contributed by atoms with Gasteiger partial charge in [0.15, 0.2) is 18.2 Å². The summed E-state index contributed by atoms with van der Waals surface area (Å²) in [5.41, 5.74) is 0.395. The molecule has 1 fully saturated rings. The minimum atomic E-state index is -4.08. The molecule has 1 aromatic carbocycles. The van der Waals surface area contributed by atoms with Gasteiger partial charge in [-0.1, -0.05) is 95.6 Å². The fourth-order valence-electron chi connectivity index (χ4n) is 13.0. The number of hydrogen-bond acceptors (Lipinski definition) is 20. The highest BCUT2D eigenvalue weighted by atomic mass is 31.2. The van der Waals surface area contributed by atoms with E-state index in [0.29, 0.717) is 69.4 Å². The number of amides is 2. The number of carbonyl (C=O) groups is 12. The maximum Gasteiger partial charge on any atom is 0.354 e. The number of ketones is 4. The van der Waals surface area contributed by atoms with Gasteiger partial charge in [0.05, 0.1) is 48.9 Å². The summed E-state index contributed by atoms with van der Waals surface area (Å²) in [6.07, 6.45) is 1.98. The lowest BCUT2D eigenvalue weighted by molar-refractivity contribution is -0.146. The van der Waals surface area contributed by atoms with Crippen LogP contribution in [0.15, 0.2) is 30.5 Å². The molecule has 2 amide bonds. The first-order valence-electron chi connectivity index (χ1n) is 36.4. The van der Waals surface area contributed by atoms with Crippen LogP contribution >= 0.6 is 22.5 Å². The standard InChI is InChI=1S/C70H112FN8O23P3Si/c1-69(2,3)106(71,70(4,5)6)58-26-21-50(22-27-58)65(91)73-45-59(79-46-54(74-75-79)24-25-56(81)30-40-104(99,100)48-77-35-33-76(47-103(98)39-29-63(87)88)34-36-78(38-37-77)49-105(101,102)41-31-64(89)90)60(83)44-52(67(94)95)16-10-9-12-19-55(80)18-11-7-8-13-20-61(84)72-32-15-14-17-51(66(92)93)42-57(82)43-53(68(96)97)23-28-62(85)86/h21-22,26-27,46,51-53,59H,7-20,23-25,28-45,47-49H2,1-6H3,(H9-,72,73,84,85,86,87,88,89,90,91,92,93,94,95,96,97,99,100,101,102)/p+1/t51-,52+,53-,59-/m1/s1. The summed E-state index contributed by atoms with van der Waals surface area (Å²) >= 11 is 0. The maximum absolute atomic E-state index is 17.2. The van der Waals surface area contributed by atoms with Crippen molar-refractivity contribution in [2.75, 3.05) is 89.7 Å². The average molecular weight is 1570 g/mol. The number of aliphatic carboxylic acids is 6. The second-order valence-corrected chi connectivity index (χ2v) is 41.3. The second kappa shape index (κ2) is 46.0. The molecule has 2 heterocycles. The molecule has 3 rings (SSSR count). The molecule has 1 aliphatic rings. The maximum atomic E-state index is 17.2. The minimum Gasteiger partial charge on any atom is -0.481 e. The molecule has 106 heavy (non-hydrogen) atoms. The number of aryl methyl sites for hydroxylation is 1. The Labute approximate surface area is 621 Å². The molecule has 1 aromatic heterocycles. The molecule has 10 N–H and O–H groups in total. The third-order valence-electron chi connectivity index (χ3n) is 18.9. The predicted octanol–water partition coefficient (Wildman–Crippen LogP) is 8.40. The molecule has 31 nitrogen and oxygen atoms in total. The number of rotatable bonds is 54. The molecule has 0 radical (unpaired) electrons. The van der Waals surface area contributed by atoms with E-state index in [1.165, 1.54) is 23.0 Å². The van der Waals surface area contributed by atoms with Gasteiger partial charge in [-0.2, -0.15) is 0 Å². The zero-order chi connectivity index (χ0) is 79.6. The summed E-state index contributed by atoms with van der Waals surface area (Å²) in [6, 6.07) is 4.92. The van der Waals surface area contributed by atoms with E-state index in [4.69, 9.17) is 15.3 Å². The summed E-state index contributed by atoms with van der Waals surface area (Å²) in [6.45, 7) is 12.2. The number of hydrogen-bond donors (Lipinski definition) is 10. The van der Waals surface area contributed by atoms with Crippen LogP contribution in [0.3, 0.4) is 0 Å². The molecule has 0 saturated carbocycles. The van der Waals surface area contributed by atoms with Crippen LogP contribution in [-0.4, -0.2) is 239 Å². The Morgan fingerprint density at radius 1 is 0.547 bits per heavy atom. The van der Waals surface area contributed by atoms with E-state index in [1.807, 2.05) is 41.5 Å². The van der Waals surface area contributed by atoms with E-state index in [-0.39, 0.29) is 165 Å². The number of carboxylic acids is 6. The molecule has 36 heteroatoms. The largest absolute Gasteiger partial charge is 0.481 e. The third-order valence-corrected chi connectivity index (χ3v) is 29.2. The van der Waals surface area contributed by atoms with Gasteiger partial charge >= 0.3 is 43.6 Å². The molecule has 0 aliphatic carbocycles. The summed E-state index contributed by atoms with van der Waals surface area (Å²) in [4.78, 5) is 175. The molecule has 596 valence electrons. The first-order chi connectivity index (χ1) is 49.5. The molecule has 2 aromatic rings. The molecule has 7 atom stereocenters. The second-order valence-electron chi connectivity index (χ2n) is 29.9. The molecule has 0 bridgehead atoms. The van der Waals surface area contributed by atoms with Crippen LogP contribution in [-0.2, 0) is 72.9 Å². The van der Waals surface area contributed by atoms with Crippen LogP contribution in [0, 0.1) is 17.8 Å². The number of benzene rings is 1. The number of halogens is 1. The summed E-state index contributed by atoms with van der Waals surface area (Å²) < 4.78 is 58.0. The molecule has 1 aliphatic heterocycles. The van der Waals surface area contributed by atoms with Gasteiger partial charge in [-0.25, -0.2) is 4.68 Å². The van der Waals surface area contributed by atoms with E-state index in [2.05, 4.69) is 20.9 Å². The van der Waals surface area contributed by atoms with Crippen LogP contribution in [0.5, 0.6) is 0 Å². The van der Waals surface area contributed by atoms with Gasteiger partial charge in [-0.05, 0) is 78.8 Å². The monoisotopic (exact) mass is 1570 g/mol. The number of nitrogens with one attached hydrogen (secondary N) is 2. The summed E-state index contributed by atoms with van der Waals surface area (Å²) in [5, 5.41) is 69.3. The van der Waals surface area contributed by atoms with Crippen LogP contribution < -0.4 is 15.8 Å². The van der Waals surface area contributed by atoms with Crippen molar-refractivity contribution in [3.63, 3.8) is 0 Å². The Morgan fingerprint density at radius 3 is 1.52 bits per heavy atom. The van der Waals surface area contributed by atoms with Crippen LogP contribution in [0.25, 0.3) is 0 Å². The van der Waals surface area contributed by atoms with E-state index >= 15 is 4.11 Å². The summed E-state index contributed by atoms with van der Waals surface area (Å²) in [7, 11) is -13.7. The molecular weight excluding hydrogens is 1460 g/mol. The number of aromatic nitrogens is 3. The highest BCUT2D eigenvalue weighted by Gasteiger charge is 2.56. The lowest BCUT2D eigenvalue weighted by atomic mass is 9.90. The zero-order valence-electron chi connectivity index (χ0n) is 62.2. The Hall–Kier alpha value is -6.69. The number of unbranched alkanes of at least 4 members (excludes halogenated alkanes) is 6. The quantitative estimate of drug-likeness (QED) is 0.0128. The van der Waals surface area contributed by atoms with E-state index in [0.717, 1.165) is 0 Å². The molecular formula is C70H113FN8O23P3Si+. The van der Waals surface area contributed by atoms with Gasteiger partial charge in [-0.15, -0.1) is 5.10 Å². The molecule has 1 saturated heterocycles. The van der Waals surface area contributed by atoms with E-state index < -0.39 is 162 Å². The highest BCUT2D eigenvalue weighted by molar-refractivity contribution is 7.58. The topological polar surface area (TPSA) is 482 Å². The van der Waals surface area contributed by atoms with Crippen molar-refractivity contribution < 1.29 is 116 Å². The van der Waals surface area contributed by atoms with E-state index in [9.17, 15) is 96.3 Å². The fourth-order valence-corrected chi connectivity index (χ4v) is 22.1. The van der Waals surface area contributed by atoms with Crippen molar-refractivity contribution in [2.45, 2.75) is 212 Å². The van der Waals surface area contributed by atoms with Crippen molar-refractivity contribution in [3.8, 4) is 0 Å². The van der Waals surface area contributed by atoms with Gasteiger partial charge in [0, 0.05) is 134 Å². The smallest absolute Gasteiger partial charge is 0.354 e. The van der Waals surface area contributed by atoms with Gasteiger partial charge in [0.1, 0.15) is 23.4 Å². The van der Waals surface area contributed by atoms with Crippen LogP contribution in [0.4, 0.5) is 4.11 Å². The minimum absolute atomic E-state index is 0.00160. The lowest BCUT2D eigenvalue weighted by Gasteiger charge is -2.44. The lowest BCUT2D eigenvalue weighted by Crippen LogP contribution is -2.57. The van der Waals surface area contributed by atoms with Crippen molar-refractivity contribution in [3.05, 3.63) is 41.7 Å². The zero-order valence-corrected chi connectivity index (χ0v) is 65.9. The Kier molecular flexibility index (Phi) is 40.5. The van der Waals surface area contributed by atoms with Gasteiger partial charge < -0.3 is 55.2 Å². The van der Waals surface area contributed by atoms with Gasteiger partial charge in [-0.3, -0.25) is 81.4 Å². The predicted molar refractivity (Wildman–Crippen MR) is 394 cm³/mol. The Balaban J connectivity index is 1.59. The third kappa shape index (κ3) is 36.0. The number of carboxylic acid groups (broad SMARTS) is 6. The Morgan fingerprint density at radius 2 is 1.01 bits per heavy atom. The van der Waals surface area contributed by atoms with Crippen molar-refractivity contribution in [1.82, 2.24) is 40.3 Å². The van der Waals surface area contributed by atoms with Crippen molar-refractivity contribution in [2.24, 2.45) is 17.8 Å². The fraction of sp³-hybridized carbons (Fsp3) is 0.714. The number of nitrogens with zero attached hydrogens (tertiary/aromatic N) is 6.